The van der Waals surface area contributed by atoms with Crippen molar-refractivity contribution >= 4 is 10.8 Å². The van der Waals surface area contributed by atoms with Crippen LogP contribution in [0.4, 0.5) is 0 Å². The Hall–Kier alpha value is -2.52. The second kappa shape index (κ2) is 5.84. The minimum absolute atomic E-state index is 0.0356. The predicted octanol–water partition coefficient (Wildman–Crippen LogP) is 4.13. The molecule has 0 fully saturated rings. The van der Waals surface area contributed by atoms with E-state index in [2.05, 4.69) is 36.2 Å². The van der Waals surface area contributed by atoms with Crippen LogP contribution in [-0.4, -0.2) is 30.7 Å². The number of ether oxygens (including phenoxy) is 1. The highest BCUT2D eigenvalue weighted by molar-refractivity contribution is 5.94. The minimum atomic E-state index is 0.0356. The van der Waals surface area contributed by atoms with E-state index in [1.807, 2.05) is 30.3 Å². The van der Waals surface area contributed by atoms with Crippen molar-refractivity contribution < 1.29 is 9.84 Å². The second-order valence-corrected chi connectivity index (χ2v) is 6.39. The van der Waals surface area contributed by atoms with Crippen molar-refractivity contribution in [2.45, 2.75) is 12.5 Å². The lowest BCUT2D eigenvalue weighted by molar-refractivity contribution is 0.259. The fourth-order valence-corrected chi connectivity index (χ4v) is 3.82. The number of rotatable bonds is 2. The molecular weight excluding hydrogens is 298 g/mol. The van der Waals surface area contributed by atoms with Crippen LogP contribution >= 0.6 is 0 Å². The summed E-state index contributed by atoms with van der Waals surface area (Å²) in [7, 11) is 3.79. The van der Waals surface area contributed by atoms with Crippen molar-refractivity contribution in [2.24, 2.45) is 0 Å². The van der Waals surface area contributed by atoms with E-state index in [1.165, 1.54) is 11.1 Å². The van der Waals surface area contributed by atoms with E-state index in [4.69, 9.17) is 4.74 Å². The van der Waals surface area contributed by atoms with Crippen molar-refractivity contribution in [3.05, 3.63) is 71.3 Å². The Morgan fingerprint density at radius 1 is 1.00 bits per heavy atom. The maximum atomic E-state index is 11.0. The zero-order valence-corrected chi connectivity index (χ0v) is 14.0. The topological polar surface area (TPSA) is 32.7 Å². The van der Waals surface area contributed by atoms with Crippen LogP contribution in [0.15, 0.2) is 54.6 Å². The molecule has 1 aliphatic heterocycles. The van der Waals surface area contributed by atoms with E-state index in [-0.39, 0.29) is 6.04 Å². The number of hydrogen-bond donors (Lipinski definition) is 1. The summed E-state index contributed by atoms with van der Waals surface area (Å²) in [6, 6.07) is 18.4. The molecule has 0 spiro atoms. The van der Waals surface area contributed by atoms with Gasteiger partial charge in [-0.25, -0.2) is 0 Å². The van der Waals surface area contributed by atoms with Gasteiger partial charge < -0.3 is 9.84 Å². The van der Waals surface area contributed by atoms with Crippen LogP contribution in [0.2, 0.25) is 0 Å². The summed E-state index contributed by atoms with van der Waals surface area (Å²) in [5, 5.41) is 12.8. The van der Waals surface area contributed by atoms with Gasteiger partial charge in [-0.05, 0) is 30.7 Å². The van der Waals surface area contributed by atoms with E-state index < -0.39 is 0 Å². The molecule has 0 radical (unpaired) electrons. The monoisotopic (exact) mass is 319 g/mol. The SMILES string of the molecule is COc1cc(C2c3ccccc3CCN2C)c(O)c2ccccc12. The molecule has 24 heavy (non-hydrogen) atoms. The Morgan fingerprint density at radius 3 is 2.50 bits per heavy atom. The van der Waals surface area contributed by atoms with E-state index in [0.29, 0.717) is 5.75 Å². The van der Waals surface area contributed by atoms with Crippen molar-refractivity contribution in [1.82, 2.24) is 4.90 Å². The van der Waals surface area contributed by atoms with Crippen LogP contribution in [0, 0.1) is 0 Å². The third-order valence-corrected chi connectivity index (χ3v) is 5.05. The van der Waals surface area contributed by atoms with Gasteiger partial charge >= 0.3 is 0 Å². The van der Waals surface area contributed by atoms with Gasteiger partial charge in [-0.2, -0.15) is 0 Å². The number of methoxy groups -OCH3 is 1. The number of nitrogens with zero attached hydrogens (tertiary/aromatic N) is 1. The third kappa shape index (κ3) is 2.24. The molecule has 1 heterocycles. The smallest absolute Gasteiger partial charge is 0.128 e. The summed E-state index contributed by atoms with van der Waals surface area (Å²) >= 11 is 0. The molecule has 1 atom stereocenters. The fraction of sp³-hybridized carbons (Fsp3) is 0.238. The lowest BCUT2D eigenvalue weighted by atomic mass is 9.87. The van der Waals surface area contributed by atoms with Crippen molar-refractivity contribution in [3.63, 3.8) is 0 Å². The number of fused-ring (bicyclic) bond motifs is 2. The Labute approximate surface area is 142 Å². The molecule has 0 saturated heterocycles. The van der Waals surface area contributed by atoms with Crippen LogP contribution in [0.1, 0.15) is 22.7 Å². The summed E-state index contributed by atoms with van der Waals surface area (Å²) in [6.07, 6.45) is 1.04. The molecule has 0 saturated carbocycles. The normalized spacial score (nSPS) is 17.7. The Bertz CT molecular complexity index is 903. The molecule has 0 amide bonds. The van der Waals surface area contributed by atoms with Crippen LogP contribution in [0.3, 0.4) is 0 Å². The molecule has 0 aliphatic carbocycles. The third-order valence-electron chi connectivity index (χ3n) is 5.05. The average molecular weight is 319 g/mol. The molecule has 1 unspecified atom stereocenters. The molecule has 3 heteroatoms. The maximum absolute atomic E-state index is 11.0. The standard InChI is InChI=1S/C21H21NO2/c1-22-12-11-14-7-3-4-8-15(14)20(22)18-13-19(24-2)16-9-5-6-10-17(16)21(18)23/h3-10,13,20,23H,11-12H2,1-2H3. The maximum Gasteiger partial charge on any atom is 0.128 e. The van der Waals surface area contributed by atoms with Gasteiger partial charge in [0.15, 0.2) is 0 Å². The molecular formula is C21H21NO2. The lowest BCUT2D eigenvalue weighted by Crippen LogP contribution is -2.32. The molecule has 0 aromatic heterocycles. The lowest BCUT2D eigenvalue weighted by Gasteiger charge is -2.35. The highest BCUT2D eigenvalue weighted by atomic mass is 16.5. The number of phenols is 1. The molecule has 3 aromatic carbocycles. The Balaban J connectivity index is 1.98. The van der Waals surface area contributed by atoms with Crippen LogP contribution in [-0.2, 0) is 6.42 Å². The first-order valence-corrected chi connectivity index (χ1v) is 8.27. The van der Waals surface area contributed by atoms with Crippen molar-refractivity contribution in [2.75, 3.05) is 20.7 Å². The van der Waals surface area contributed by atoms with E-state index in [0.717, 1.165) is 35.1 Å². The second-order valence-electron chi connectivity index (χ2n) is 6.39. The van der Waals surface area contributed by atoms with Crippen LogP contribution < -0.4 is 4.74 Å². The molecule has 4 rings (SSSR count). The summed E-state index contributed by atoms with van der Waals surface area (Å²) in [6.45, 7) is 0.969. The number of hydrogen-bond acceptors (Lipinski definition) is 3. The first-order chi connectivity index (χ1) is 11.7. The van der Waals surface area contributed by atoms with E-state index in [9.17, 15) is 5.11 Å². The summed E-state index contributed by atoms with van der Waals surface area (Å²) in [5.41, 5.74) is 3.52. The Morgan fingerprint density at radius 2 is 1.71 bits per heavy atom. The number of likely N-dealkylation sites (N-methyl/N-ethyl adjacent to an activating group) is 1. The number of benzene rings is 3. The first kappa shape index (κ1) is 15.0. The highest BCUT2D eigenvalue weighted by Gasteiger charge is 2.29. The summed E-state index contributed by atoms with van der Waals surface area (Å²) < 4.78 is 5.61. The number of aromatic hydroxyl groups is 1. The quantitative estimate of drug-likeness (QED) is 0.771. The summed E-state index contributed by atoms with van der Waals surface area (Å²) in [5.74, 6) is 1.15. The van der Waals surface area contributed by atoms with Gasteiger partial charge in [0.2, 0.25) is 0 Å². The number of phenolic OH excluding ortho intramolecular Hbond substituents is 1. The molecule has 0 bridgehead atoms. The highest BCUT2D eigenvalue weighted by Crippen LogP contribution is 2.44. The van der Waals surface area contributed by atoms with Gasteiger partial charge in [0.05, 0.1) is 13.2 Å². The molecule has 1 aliphatic rings. The van der Waals surface area contributed by atoms with E-state index in [1.54, 1.807) is 7.11 Å². The fourth-order valence-electron chi connectivity index (χ4n) is 3.82. The molecule has 3 aromatic rings. The minimum Gasteiger partial charge on any atom is -0.507 e. The van der Waals surface area contributed by atoms with Crippen LogP contribution in [0.5, 0.6) is 11.5 Å². The Kier molecular flexibility index (Phi) is 3.66. The van der Waals surface area contributed by atoms with Crippen LogP contribution in [0.25, 0.3) is 10.8 Å². The zero-order valence-electron chi connectivity index (χ0n) is 14.0. The van der Waals surface area contributed by atoms with Gasteiger partial charge in [-0.3, -0.25) is 4.90 Å². The van der Waals surface area contributed by atoms with Gasteiger partial charge in [0.1, 0.15) is 11.5 Å². The molecule has 3 nitrogen and oxygen atoms in total. The predicted molar refractivity (Wildman–Crippen MR) is 96.8 cm³/mol. The van der Waals surface area contributed by atoms with E-state index >= 15 is 0 Å². The van der Waals surface area contributed by atoms with Gasteiger partial charge in [-0.1, -0.05) is 48.5 Å². The molecule has 1 N–H and O–H groups in total. The summed E-state index contributed by atoms with van der Waals surface area (Å²) in [4.78, 5) is 2.30. The first-order valence-electron chi connectivity index (χ1n) is 8.27. The van der Waals surface area contributed by atoms with Gasteiger partial charge in [0.25, 0.3) is 0 Å². The zero-order chi connectivity index (χ0) is 16.7. The average Bonchev–Trinajstić information content (AvgIpc) is 2.63. The van der Waals surface area contributed by atoms with Crippen molar-refractivity contribution in [1.29, 1.82) is 0 Å². The molecule has 122 valence electrons. The van der Waals surface area contributed by atoms with Gasteiger partial charge in [-0.15, -0.1) is 0 Å². The largest absolute Gasteiger partial charge is 0.507 e. The van der Waals surface area contributed by atoms with Gasteiger partial charge in [0, 0.05) is 22.9 Å². The van der Waals surface area contributed by atoms with Crippen molar-refractivity contribution in [3.8, 4) is 11.5 Å².